The van der Waals surface area contributed by atoms with Crippen molar-refractivity contribution in [1.82, 2.24) is 4.98 Å². The maximum atomic E-state index is 5.63. The monoisotopic (exact) mass is 229 g/mol. The van der Waals surface area contributed by atoms with Gasteiger partial charge in [-0.05, 0) is 6.07 Å². The quantitative estimate of drug-likeness (QED) is 0.760. The number of hydrogen-bond donors (Lipinski definition) is 2. The third-order valence-corrected chi connectivity index (χ3v) is 2.70. The first kappa shape index (κ1) is 9.32. The summed E-state index contributed by atoms with van der Waals surface area (Å²) in [7, 11) is 0. The van der Waals surface area contributed by atoms with Gasteiger partial charge in [-0.15, -0.1) is 0 Å². The van der Waals surface area contributed by atoms with Gasteiger partial charge in [0.2, 0.25) is 0 Å². The molecule has 0 aromatic carbocycles. The summed E-state index contributed by atoms with van der Waals surface area (Å²) >= 11 is 3.38. The molecule has 0 fully saturated rings. The summed E-state index contributed by atoms with van der Waals surface area (Å²) in [5, 5.41) is 0.878. The summed E-state index contributed by atoms with van der Waals surface area (Å²) in [4.78, 5) is 4.17. The van der Waals surface area contributed by atoms with Gasteiger partial charge in [-0.2, -0.15) is 0 Å². The molecule has 1 rings (SSSR count). The molecule has 4 N–H and O–H groups in total. The molecule has 0 radical (unpaired) electrons. The SMILES string of the molecule is CC(CBr)c1cc(N)c(N)cn1. The fraction of sp³-hybridized carbons (Fsp3) is 0.375. The van der Waals surface area contributed by atoms with Gasteiger partial charge in [-0.3, -0.25) is 4.98 Å². The standard InChI is InChI=1S/C8H12BrN3/c1-5(3-9)8-2-6(10)7(11)4-12-8/h2,4-5H,3,11H2,1H3,(H2,10,12). The highest BCUT2D eigenvalue weighted by Gasteiger charge is 2.06. The second kappa shape index (κ2) is 3.76. The van der Waals surface area contributed by atoms with E-state index in [1.165, 1.54) is 0 Å². The maximum absolute atomic E-state index is 5.63. The van der Waals surface area contributed by atoms with Crippen molar-refractivity contribution in [3.8, 4) is 0 Å². The molecule has 0 aliphatic carbocycles. The molecule has 0 saturated carbocycles. The molecule has 0 saturated heterocycles. The van der Waals surface area contributed by atoms with Crippen LogP contribution in [0, 0.1) is 0 Å². The molecule has 1 heterocycles. The molecule has 3 nitrogen and oxygen atoms in total. The van der Waals surface area contributed by atoms with E-state index in [1.807, 2.05) is 6.07 Å². The second-order valence-electron chi connectivity index (χ2n) is 2.79. The van der Waals surface area contributed by atoms with E-state index in [0.717, 1.165) is 11.0 Å². The minimum absolute atomic E-state index is 0.368. The number of anilines is 2. The van der Waals surface area contributed by atoms with Gasteiger partial charge in [-0.25, -0.2) is 0 Å². The van der Waals surface area contributed by atoms with Crippen molar-refractivity contribution < 1.29 is 0 Å². The molecule has 1 atom stereocenters. The molecule has 1 aromatic rings. The number of aromatic nitrogens is 1. The third-order valence-electron chi connectivity index (χ3n) is 1.73. The lowest BCUT2D eigenvalue weighted by Crippen LogP contribution is -2.02. The van der Waals surface area contributed by atoms with Crippen molar-refractivity contribution in [2.24, 2.45) is 0 Å². The van der Waals surface area contributed by atoms with Crippen LogP contribution in [0.25, 0.3) is 0 Å². The molecule has 66 valence electrons. The van der Waals surface area contributed by atoms with Crippen LogP contribution in [0.5, 0.6) is 0 Å². The van der Waals surface area contributed by atoms with Gasteiger partial charge >= 0.3 is 0 Å². The van der Waals surface area contributed by atoms with Gasteiger partial charge < -0.3 is 11.5 Å². The van der Waals surface area contributed by atoms with Crippen molar-refractivity contribution in [1.29, 1.82) is 0 Å². The first-order valence-electron chi connectivity index (χ1n) is 3.72. The lowest BCUT2D eigenvalue weighted by molar-refractivity contribution is 0.842. The highest BCUT2D eigenvalue weighted by Crippen LogP contribution is 2.20. The van der Waals surface area contributed by atoms with Crippen molar-refractivity contribution in [3.63, 3.8) is 0 Å². The van der Waals surface area contributed by atoms with E-state index < -0.39 is 0 Å². The molecule has 12 heavy (non-hydrogen) atoms. The normalized spacial score (nSPS) is 12.8. The van der Waals surface area contributed by atoms with Crippen LogP contribution in [0.3, 0.4) is 0 Å². The predicted molar refractivity (Wildman–Crippen MR) is 55.3 cm³/mol. The number of hydrogen-bond acceptors (Lipinski definition) is 3. The van der Waals surface area contributed by atoms with Crippen LogP contribution in [-0.4, -0.2) is 10.3 Å². The number of halogens is 1. The van der Waals surface area contributed by atoms with E-state index in [1.54, 1.807) is 6.20 Å². The maximum Gasteiger partial charge on any atom is 0.0734 e. The van der Waals surface area contributed by atoms with Crippen LogP contribution in [0.1, 0.15) is 18.5 Å². The van der Waals surface area contributed by atoms with E-state index in [4.69, 9.17) is 11.5 Å². The molecular weight excluding hydrogens is 218 g/mol. The minimum atomic E-state index is 0.368. The van der Waals surface area contributed by atoms with Crippen molar-refractivity contribution >= 4 is 27.3 Å². The number of alkyl halides is 1. The number of nitrogens with two attached hydrogens (primary N) is 2. The second-order valence-corrected chi connectivity index (χ2v) is 3.44. The highest BCUT2D eigenvalue weighted by atomic mass is 79.9. The summed E-state index contributed by atoms with van der Waals surface area (Å²) in [6, 6.07) is 1.82. The van der Waals surface area contributed by atoms with Crippen molar-refractivity contribution in [3.05, 3.63) is 18.0 Å². The fourth-order valence-electron chi connectivity index (χ4n) is 0.847. The van der Waals surface area contributed by atoms with Gasteiger partial charge in [0.1, 0.15) is 0 Å². The zero-order valence-electron chi connectivity index (χ0n) is 6.92. The van der Waals surface area contributed by atoms with Gasteiger partial charge in [0, 0.05) is 16.9 Å². The molecule has 0 bridgehead atoms. The molecule has 0 amide bonds. The molecule has 4 heteroatoms. The van der Waals surface area contributed by atoms with Crippen LogP contribution < -0.4 is 11.5 Å². The Morgan fingerprint density at radius 2 is 2.17 bits per heavy atom. The summed E-state index contributed by atoms with van der Waals surface area (Å²) in [6.45, 7) is 2.08. The predicted octanol–water partition coefficient (Wildman–Crippen LogP) is 1.74. The van der Waals surface area contributed by atoms with Crippen LogP contribution in [-0.2, 0) is 0 Å². The van der Waals surface area contributed by atoms with Crippen LogP contribution in [0.2, 0.25) is 0 Å². The zero-order valence-corrected chi connectivity index (χ0v) is 8.51. The van der Waals surface area contributed by atoms with Crippen LogP contribution >= 0.6 is 15.9 Å². The van der Waals surface area contributed by atoms with Gasteiger partial charge in [0.05, 0.1) is 17.6 Å². The van der Waals surface area contributed by atoms with E-state index >= 15 is 0 Å². The molecule has 0 aliphatic rings. The summed E-state index contributed by atoms with van der Waals surface area (Å²) in [5.41, 5.74) is 13.3. The number of nitrogens with zero attached hydrogens (tertiary/aromatic N) is 1. The number of nitrogen functional groups attached to an aromatic ring is 2. The van der Waals surface area contributed by atoms with E-state index in [0.29, 0.717) is 17.3 Å². The number of pyridine rings is 1. The Hall–Kier alpha value is -0.770. The molecule has 0 spiro atoms. The Labute approximate surface area is 80.3 Å². The zero-order chi connectivity index (χ0) is 9.14. The van der Waals surface area contributed by atoms with E-state index in [2.05, 4.69) is 27.8 Å². The third kappa shape index (κ3) is 1.88. The molecule has 1 aromatic heterocycles. The minimum Gasteiger partial charge on any atom is -0.397 e. The Morgan fingerprint density at radius 3 is 2.67 bits per heavy atom. The topological polar surface area (TPSA) is 64.9 Å². The first-order valence-corrected chi connectivity index (χ1v) is 4.84. The Bertz CT molecular complexity index is 275. The average molecular weight is 230 g/mol. The van der Waals surface area contributed by atoms with E-state index in [-0.39, 0.29) is 0 Å². The van der Waals surface area contributed by atoms with Crippen LogP contribution in [0.4, 0.5) is 11.4 Å². The average Bonchev–Trinajstić information content (AvgIpc) is 2.08. The van der Waals surface area contributed by atoms with Gasteiger partial charge in [-0.1, -0.05) is 22.9 Å². The highest BCUT2D eigenvalue weighted by molar-refractivity contribution is 9.09. The lowest BCUT2D eigenvalue weighted by Gasteiger charge is -2.08. The molecular formula is C8H12BrN3. The fourth-order valence-corrected chi connectivity index (χ4v) is 1.18. The Balaban J connectivity index is 2.96. The summed E-state index contributed by atoms with van der Waals surface area (Å²) < 4.78 is 0. The van der Waals surface area contributed by atoms with Crippen molar-refractivity contribution in [2.45, 2.75) is 12.8 Å². The first-order chi connectivity index (χ1) is 5.65. The molecule has 0 aliphatic heterocycles. The van der Waals surface area contributed by atoms with Gasteiger partial charge in [0.25, 0.3) is 0 Å². The smallest absolute Gasteiger partial charge is 0.0734 e. The summed E-state index contributed by atoms with van der Waals surface area (Å²) in [6.07, 6.45) is 1.60. The number of rotatable bonds is 2. The van der Waals surface area contributed by atoms with E-state index in [9.17, 15) is 0 Å². The Kier molecular flexibility index (Phi) is 2.92. The molecule has 1 unspecified atom stereocenters. The summed E-state index contributed by atoms with van der Waals surface area (Å²) in [5.74, 6) is 0.368. The Morgan fingerprint density at radius 1 is 1.50 bits per heavy atom. The largest absolute Gasteiger partial charge is 0.397 e. The lowest BCUT2D eigenvalue weighted by atomic mass is 10.1. The van der Waals surface area contributed by atoms with Crippen molar-refractivity contribution in [2.75, 3.05) is 16.8 Å². The van der Waals surface area contributed by atoms with Crippen LogP contribution in [0.15, 0.2) is 12.3 Å². The van der Waals surface area contributed by atoms with Gasteiger partial charge in [0.15, 0.2) is 0 Å².